The average Bonchev–Trinajstić information content (AvgIpc) is 2.66. The number of hydrogen-bond acceptors (Lipinski definition) is 1. The number of hydrogen-bond donors (Lipinski definition) is 0. The summed E-state index contributed by atoms with van der Waals surface area (Å²) in [5.74, 6) is 1.00. The molecule has 0 saturated carbocycles. The first-order chi connectivity index (χ1) is 12.8. The first kappa shape index (κ1) is 24.2. The Labute approximate surface area is 162 Å². The summed E-state index contributed by atoms with van der Waals surface area (Å²) in [4.78, 5) is 0. The second-order valence-electron chi connectivity index (χ2n) is 6.47. The van der Waals surface area contributed by atoms with Crippen LogP contribution >= 0.6 is 0 Å². The molecule has 0 aromatic rings. The molecule has 0 rings (SSSR count). The number of rotatable bonds is 17. The Morgan fingerprint density at radius 2 is 1.50 bits per heavy atom. The van der Waals surface area contributed by atoms with Crippen LogP contribution < -0.4 is 0 Å². The second-order valence-corrected chi connectivity index (χ2v) is 6.47. The van der Waals surface area contributed by atoms with E-state index in [0.717, 1.165) is 44.9 Å². The summed E-state index contributed by atoms with van der Waals surface area (Å²) in [6.45, 7) is 12.3. The Bertz CT molecular complexity index is 474. The number of ether oxygens (including phenoxy) is 1. The third-order valence-electron chi connectivity index (χ3n) is 4.26. The maximum Gasteiger partial charge on any atom is 0.0643 e. The average molecular weight is 355 g/mol. The molecule has 2 atom stereocenters. The van der Waals surface area contributed by atoms with Crippen LogP contribution in [0.3, 0.4) is 0 Å². The van der Waals surface area contributed by atoms with E-state index in [1.165, 1.54) is 6.42 Å². The first-order valence-electron chi connectivity index (χ1n) is 9.82. The topological polar surface area (TPSA) is 9.23 Å². The molecule has 0 aliphatic carbocycles. The molecule has 0 radical (unpaired) electrons. The fourth-order valence-corrected chi connectivity index (χ4v) is 2.50. The highest BCUT2D eigenvalue weighted by Gasteiger charge is 2.00. The second kappa shape index (κ2) is 19.5. The molecule has 0 bridgehead atoms. The highest BCUT2D eigenvalue weighted by atomic mass is 16.5. The smallest absolute Gasteiger partial charge is 0.0643 e. The van der Waals surface area contributed by atoms with Crippen LogP contribution in [0.4, 0.5) is 0 Å². The number of methoxy groups -OCH3 is 1. The van der Waals surface area contributed by atoms with Gasteiger partial charge in [-0.15, -0.1) is 25.5 Å². The van der Waals surface area contributed by atoms with Gasteiger partial charge in [0.15, 0.2) is 0 Å². The van der Waals surface area contributed by atoms with Gasteiger partial charge in [0.05, 0.1) is 6.61 Å². The van der Waals surface area contributed by atoms with Crippen molar-refractivity contribution in [3.8, 4) is 0 Å². The van der Waals surface area contributed by atoms with Gasteiger partial charge in [0.1, 0.15) is 0 Å². The maximum atomic E-state index is 5.00. The van der Waals surface area contributed by atoms with Gasteiger partial charge in [-0.3, -0.25) is 0 Å². The molecule has 2 unspecified atom stereocenters. The van der Waals surface area contributed by atoms with Gasteiger partial charge in [-0.1, -0.05) is 42.5 Å². The molecule has 0 saturated heterocycles. The lowest BCUT2D eigenvalue weighted by Gasteiger charge is -2.07. The van der Waals surface area contributed by atoms with Gasteiger partial charge in [-0.25, -0.2) is 0 Å². The predicted octanol–water partition coefficient (Wildman–Crippen LogP) is 7.37. The van der Waals surface area contributed by atoms with E-state index in [9.17, 15) is 0 Å². The molecule has 0 aromatic heterocycles. The summed E-state index contributed by atoms with van der Waals surface area (Å²) in [5, 5.41) is 0. The predicted molar refractivity (Wildman–Crippen MR) is 117 cm³/mol. The van der Waals surface area contributed by atoms with Crippen LogP contribution in [0.2, 0.25) is 0 Å². The van der Waals surface area contributed by atoms with Crippen molar-refractivity contribution in [3.05, 3.63) is 80.2 Å². The molecule has 0 aromatic carbocycles. The molecule has 1 nitrogen and oxygen atoms in total. The summed E-state index contributed by atoms with van der Waals surface area (Å²) in [6, 6.07) is 0. The zero-order valence-electron chi connectivity index (χ0n) is 16.7. The molecule has 26 heavy (non-hydrogen) atoms. The van der Waals surface area contributed by atoms with E-state index in [4.69, 9.17) is 4.74 Å². The third-order valence-corrected chi connectivity index (χ3v) is 4.26. The van der Waals surface area contributed by atoms with E-state index in [2.05, 4.69) is 61.9 Å². The van der Waals surface area contributed by atoms with Gasteiger partial charge in [0.2, 0.25) is 0 Å². The van der Waals surface area contributed by atoms with Crippen molar-refractivity contribution in [3.63, 3.8) is 0 Å². The van der Waals surface area contributed by atoms with Crippen molar-refractivity contribution in [2.45, 2.75) is 51.4 Å². The van der Waals surface area contributed by atoms with E-state index >= 15 is 0 Å². The fraction of sp³-hybridized carbons (Fsp3) is 0.480. The van der Waals surface area contributed by atoms with Crippen molar-refractivity contribution in [2.75, 3.05) is 13.7 Å². The van der Waals surface area contributed by atoms with E-state index in [1.807, 2.05) is 18.2 Å². The zero-order chi connectivity index (χ0) is 19.3. The van der Waals surface area contributed by atoms with Crippen molar-refractivity contribution in [2.24, 2.45) is 11.8 Å². The Kier molecular flexibility index (Phi) is 18.1. The van der Waals surface area contributed by atoms with Crippen LogP contribution in [0, 0.1) is 11.8 Å². The summed E-state index contributed by atoms with van der Waals surface area (Å²) in [7, 11) is 1.71. The fourth-order valence-electron chi connectivity index (χ4n) is 2.50. The van der Waals surface area contributed by atoms with Crippen LogP contribution in [0.25, 0.3) is 0 Å². The van der Waals surface area contributed by atoms with Crippen molar-refractivity contribution in [1.29, 1.82) is 0 Å². The molecule has 1 heteroatoms. The largest absolute Gasteiger partial charge is 0.381 e. The molecular weight excluding hydrogens is 316 g/mol. The third kappa shape index (κ3) is 15.7. The van der Waals surface area contributed by atoms with E-state index in [0.29, 0.717) is 18.4 Å². The Hall–Kier alpha value is -1.82. The SMILES string of the molecule is C=CCCC/C=C/CC(C=C)CC=C=CCC(C=C)CC/C=C/COC. The minimum Gasteiger partial charge on any atom is -0.381 e. The number of allylic oxidation sites excluding steroid dienone is 7. The normalized spacial score (nSPS) is 13.3. The summed E-state index contributed by atoms with van der Waals surface area (Å²) in [6.07, 6.45) is 27.8. The maximum absolute atomic E-state index is 5.00. The zero-order valence-corrected chi connectivity index (χ0v) is 16.7. The summed E-state index contributed by atoms with van der Waals surface area (Å²) >= 11 is 0. The molecule has 0 amide bonds. The van der Waals surface area contributed by atoms with Gasteiger partial charge in [-0.2, -0.15) is 0 Å². The molecule has 0 heterocycles. The monoisotopic (exact) mass is 354 g/mol. The van der Waals surface area contributed by atoms with Crippen molar-refractivity contribution >= 4 is 0 Å². The van der Waals surface area contributed by atoms with Gasteiger partial charge >= 0.3 is 0 Å². The molecular formula is C25H38O. The molecule has 0 spiro atoms. The number of unbranched alkanes of at least 4 members (excludes halogenated alkanes) is 2. The van der Waals surface area contributed by atoms with Gasteiger partial charge in [0.25, 0.3) is 0 Å². The van der Waals surface area contributed by atoms with Crippen molar-refractivity contribution in [1.82, 2.24) is 0 Å². The summed E-state index contributed by atoms with van der Waals surface area (Å²) in [5.41, 5.74) is 3.33. The molecule has 0 fully saturated rings. The standard InChI is InChI=1S/C25H38O/c1-5-8-9-10-11-14-19-24(6-2)20-15-12-16-21-25(7-3)22-17-13-18-23-26-4/h5-7,11,13-16,18,24-25H,1-3,8-10,17,19-23H2,4H3/b14-11+,18-13+. The highest BCUT2D eigenvalue weighted by Crippen LogP contribution is 2.14. The Balaban J connectivity index is 4.07. The molecule has 0 aliphatic rings. The molecule has 0 aliphatic heterocycles. The van der Waals surface area contributed by atoms with E-state index in [-0.39, 0.29) is 0 Å². The van der Waals surface area contributed by atoms with Crippen LogP contribution in [0.5, 0.6) is 0 Å². The summed E-state index contributed by atoms with van der Waals surface area (Å²) < 4.78 is 5.00. The van der Waals surface area contributed by atoms with Gasteiger partial charge in [0, 0.05) is 7.11 Å². The van der Waals surface area contributed by atoms with E-state index in [1.54, 1.807) is 7.11 Å². The van der Waals surface area contributed by atoms with Crippen LogP contribution in [-0.4, -0.2) is 13.7 Å². The van der Waals surface area contributed by atoms with Crippen LogP contribution in [-0.2, 0) is 4.74 Å². The lowest BCUT2D eigenvalue weighted by atomic mass is 9.99. The highest BCUT2D eigenvalue weighted by molar-refractivity contribution is 4.97. The Morgan fingerprint density at radius 3 is 2.15 bits per heavy atom. The minimum absolute atomic E-state index is 0.493. The van der Waals surface area contributed by atoms with Gasteiger partial charge in [-0.05, 0) is 75.4 Å². The van der Waals surface area contributed by atoms with Crippen molar-refractivity contribution < 1.29 is 4.74 Å². The lowest BCUT2D eigenvalue weighted by molar-refractivity contribution is 0.233. The first-order valence-corrected chi connectivity index (χ1v) is 9.82. The van der Waals surface area contributed by atoms with Crippen LogP contribution in [0.1, 0.15) is 51.4 Å². The minimum atomic E-state index is 0.493. The molecule has 144 valence electrons. The quantitative estimate of drug-likeness (QED) is 0.150. The lowest BCUT2D eigenvalue weighted by Crippen LogP contribution is -1.93. The molecule has 0 N–H and O–H groups in total. The Morgan fingerprint density at radius 1 is 0.808 bits per heavy atom. The van der Waals surface area contributed by atoms with E-state index < -0.39 is 0 Å². The van der Waals surface area contributed by atoms with Crippen LogP contribution in [0.15, 0.2) is 80.2 Å². The van der Waals surface area contributed by atoms with Gasteiger partial charge < -0.3 is 4.74 Å².